The number of amides is 2. The first-order valence-corrected chi connectivity index (χ1v) is 7.46. The summed E-state index contributed by atoms with van der Waals surface area (Å²) in [7, 11) is 0. The van der Waals surface area contributed by atoms with Gasteiger partial charge in [-0.3, -0.25) is 9.59 Å². The number of nitrogens with two attached hydrogens (primary N) is 1. The Kier molecular flexibility index (Phi) is 6.84. The van der Waals surface area contributed by atoms with Crippen molar-refractivity contribution < 1.29 is 9.59 Å². The van der Waals surface area contributed by atoms with Crippen LogP contribution in [0.15, 0.2) is 24.3 Å². The third-order valence-corrected chi connectivity index (χ3v) is 3.97. The predicted molar refractivity (Wildman–Crippen MR) is 90.3 cm³/mol. The van der Waals surface area contributed by atoms with Crippen LogP contribution >= 0.6 is 12.4 Å². The largest absolute Gasteiger partial charge is 0.336 e. The van der Waals surface area contributed by atoms with E-state index in [4.69, 9.17) is 5.73 Å². The van der Waals surface area contributed by atoms with Gasteiger partial charge in [-0.1, -0.05) is 13.0 Å². The molecule has 1 aromatic rings. The summed E-state index contributed by atoms with van der Waals surface area (Å²) < 4.78 is 0. The molecule has 1 aliphatic heterocycles. The van der Waals surface area contributed by atoms with Gasteiger partial charge in [-0.25, -0.2) is 0 Å². The van der Waals surface area contributed by atoms with Gasteiger partial charge < -0.3 is 16.0 Å². The van der Waals surface area contributed by atoms with Gasteiger partial charge in [-0.2, -0.15) is 0 Å². The van der Waals surface area contributed by atoms with E-state index >= 15 is 0 Å². The molecule has 2 atom stereocenters. The Morgan fingerprint density at radius 1 is 1.41 bits per heavy atom. The molecule has 22 heavy (non-hydrogen) atoms. The zero-order valence-corrected chi connectivity index (χ0v) is 13.9. The molecule has 1 fully saturated rings. The summed E-state index contributed by atoms with van der Waals surface area (Å²) in [5.74, 6) is 0.329. The van der Waals surface area contributed by atoms with E-state index < -0.39 is 0 Å². The minimum absolute atomic E-state index is 0. The highest BCUT2D eigenvalue weighted by Gasteiger charge is 2.32. The Labute approximate surface area is 137 Å². The molecule has 0 radical (unpaired) electrons. The van der Waals surface area contributed by atoms with Gasteiger partial charge in [0.2, 0.25) is 5.91 Å². The van der Waals surface area contributed by atoms with Crippen molar-refractivity contribution in [2.45, 2.75) is 32.7 Å². The van der Waals surface area contributed by atoms with Crippen LogP contribution in [0.1, 0.15) is 37.0 Å². The first kappa shape index (κ1) is 18.5. The summed E-state index contributed by atoms with van der Waals surface area (Å²) in [6.07, 6.45) is 1.37. The van der Waals surface area contributed by atoms with Crippen molar-refractivity contribution in [1.29, 1.82) is 0 Å². The fraction of sp³-hybridized carbons (Fsp3) is 0.500. The van der Waals surface area contributed by atoms with Crippen molar-refractivity contribution in [2.75, 3.05) is 18.4 Å². The summed E-state index contributed by atoms with van der Waals surface area (Å²) >= 11 is 0. The molecule has 1 aromatic carbocycles. The summed E-state index contributed by atoms with van der Waals surface area (Å²) in [5, 5.41) is 2.78. The van der Waals surface area contributed by atoms with Gasteiger partial charge in [0.15, 0.2) is 0 Å². The summed E-state index contributed by atoms with van der Waals surface area (Å²) in [6.45, 7) is 5.17. The maximum atomic E-state index is 12.6. The van der Waals surface area contributed by atoms with Crippen molar-refractivity contribution in [2.24, 2.45) is 11.7 Å². The molecule has 2 amide bonds. The lowest BCUT2D eigenvalue weighted by Crippen LogP contribution is -2.34. The molecule has 0 spiro atoms. The minimum atomic E-state index is -0.0580. The van der Waals surface area contributed by atoms with Gasteiger partial charge >= 0.3 is 0 Å². The summed E-state index contributed by atoms with van der Waals surface area (Å²) in [5.41, 5.74) is 6.97. The molecule has 1 saturated heterocycles. The lowest BCUT2D eigenvalue weighted by molar-refractivity contribution is -0.115. The van der Waals surface area contributed by atoms with Crippen LogP contribution in [0.4, 0.5) is 5.69 Å². The molecule has 0 aliphatic carbocycles. The lowest BCUT2D eigenvalue weighted by atomic mass is 10.1. The standard InChI is InChI=1S/C16H23N3O2.ClH/c1-3-15(20)18-14-6-4-5-13(8-14)16(21)19-10-12(9-17)7-11(19)2;/h4-6,8,11-12H,3,7,9-10,17H2,1-2H3,(H,18,20);1H. The monoisotopic (exact) mass is 325 g/mol. The Morgan fingerprint density at radius 3 is 2.73 bits per heavy atom. The third-order valence-electron chi connectivity index (χ3n) is 3.97. The number of carbonyl (C=O) groups excluding carboxylic acids is 2. The highest BCUT2D eigenvalue weighted by atomic mass is 35.5. The maximum Gasteiger partial charge on any atom is 0.254 e. The van der Waals surface area contributed by atoms with E-state index in [2.05, 4.69) is 12.2 Å². The predicted octanol–water partition coefficient (Wildman–Crippen LogP) is 2.27. The molecule has 2 rings (SSSR count). The number of rotatable bonds is 4. The quantitative estimate of drug-likeness (QED) is 0.891. The van der Waals surface area contributed by atoms with E-state index in [1.165, 1.54) is 0 Å². The molecule has 0 saturated carbocycles. The Hall–Kier alpha value is -1.59. The molecule has 0 aromatic heterocycles. The fourth-order valence-corrected chi connectivity index (χ4v) is 2.74. The van der Waals surface area contributed by atoms with E-state index in [0.29, 0.717) is 36.7 Å². The van der Waals surface area contributed by atoms with Crippen molar-refractivity contribution >= 4 is 29.9 Å². The van der Waals surface area contributed by atoms with Crippen molar-refractivity contribution in [3.63, 3.8) is 0 Å². The van der Waals surface area contributed by atoms with Crippen molar-refractivity contribution in [3.05, 3.63) is 29.8 Å². The second kappa shape index (κ2) is 8.15. The number of hydrogen-bond donors (Lipinski definition) is 2. The van der Waals surface area contributed by atoms with Crippen LogP contribution in [0.25, 0.3) is 0 Å². The molecular formula is C16H24ClN3O2. The molecule has 122 valence electrons. The third kappa shape index (κ3) is 4.21. The van der Waals surface area contributed by atoms with Gasteiger partial charge in [-0.15, -0.1) is 12.4 Å². The van der Waals surface area contributed by atoms with Crippen LogP contribution in [-0.2, 0) is 4.79 Å². The normalized spacial score (nSPS) is 20.4. The van der Waals surface area contributed by atoms with E-state index in [9.17, 15) is 9.59 Å². The van der Waals surface area contributed by atoms with E-state index in [0.717, 1.165) is 6.42 Å². The van der Waals surface area contributed by atoms with Gasteiger partial charge in [0.05, 0.1) is 0 Å². The van der Waals surface area contributed by atoms with Crippen LogP contribution in [0.3, 0.4) is 0 Å². The number of anilines is 1. The first-order valence-electron chi connectivity index (χ1n) is 7.46. The van der Waals surface area contributed by atoms with Crippen LogP contribution in [0.5, 0.6) is 0 Å². The zero-order chi connectivity index (χ0) is 15.4. The maximum absolute atomic E-state index is 12.6. The number of halogens is 1. The summed E-state index contributed by atoms with van der Waals surface area (Å²) in [6, 6.07) is 7.31. The zero-order valence-electron chi connectivity index (χ0n) is 13.0. The second-order valence-electron chi connectivity index (χ2n) is 5.63. The van der Waals surface area contributed by atoms with E-state index in [1.807, 2.05) is 4.90 Å². The molecule has 6 heteroatoms. The Morgan fingerprint density at radius 2 is 2.14 bits per heavy atom. The average molecular weight is 326 g/mol. The van der Waals surface area contributed by atoms with Gasteiger partial charge in [0, 0.05) is 30.3 Å². The first-order chi connectivity index (χ1) is 10.0. The molecule has 2 unspecified atom stereocenters. The number of nitrogens with one attached hydrogen (secondary N) is 1. The van der Waals surface area contributed by atoms with E-state index in [1.54, 1.807) is 31.2 Å². The Bertz CT molecular complexity index is 536. The average Bonchev–Trinajstić information content (AvgIpc) is 2.87. The van der Waals surface area contributed by atoms with Gasteiger partial charge in [0.25, 0.3) is 5.91 Å². The van der Waals surface area contributed by atoms with Crippen LogP contribution in [0, 0.1) is 5.92 Å². The van der Waals surface area contributed by atoms with Crippen molar-refractivity contribution in [3.8, 4) is 0 Å². The highest BCUT2D eigenvalue weighted by Crippen LogP contribution is 2.24. The second-order valence-corrected chi connectivity index (χ2v) is 5.63. The number of carbonyl (C=O) groups is 2. The lowest BCUT2D eigenvalue weighted by Gasteiger charge is -2.22. The van der Waals surface area contributed by atoms with Gasteiger partial charge in [-0.05, 0) is 44.0 Å². The summed E-state index contributed by atoms with van der Waals surface area (Å²) in [4.78, 5) is 25.9. The number of nitrogens with zero attached hydrogens (tertiary/aromatic N) is 1. The molecule has 0 bridgehead atoms. The minimum Gasteiger partial charge on any atom is -0.336 e. The molecule has 1 aliphatic rings. The Balaban J connectivity index is 0.00000242. The molecule has 1 heterocycles. The molecule has 5 nitrogen and oxygen atoms in total. The topological polar surface area (TPSA) is 75.4 Å². The van der Waals surface area contributed by atoms with Gasteiger partial charge in [0.1, 0.15) is 0 Å². The fourth-order valence-electron chi connectivity index (χ4n) is 2.74. The number of benzene rings is 1. The SMILES string of the molecule is CCC(=O)Nc1cccc(C(=O)N2CC(CN)CC2C)c1.Cl. The highest BCUT2D eigenvalue weighted by molar-refractivity contribution is 5.97. The molecule has 3 N–H and O–H groups in total. The van der Waals surface area contributed by atoms with Crippen LogP contribution < -0.4 is 11.1 Å². The number of likely N-dealkylation sites (tertiary alicyclic amines) is 1. The van der Waals surface area contributed by atoms with E-state index in [-0.39, 0.29) is 30.3 Å². The smallest absolute Gasteiger partial charge is 0.254 e. The van der Waals surface area contributed by atoms with Crippen LogP contribution in [0.2, 0.25) is 0 Å². The van der Waals surface area contributed by atoms with Crippen molar-refractivity contribution in [1.82, 2.24) is 4.90 Å². The molecular weight excluding hydrogens is 302 g/mol. The number of hydrogen-bond acceptors (Lipinski definition) is 3. The van der Waals surface area contributed by atoms with Crippen LogP contribution in [-0.4, -0.2) is 35.8 Å².